The van der Waals surface area contributed by atoms with Crippen molar-refractivity contribution >= 4 is 17.6 Å². The van der Waals surface area contributed by atoms with E-state index in [1.165, 1.54) is 11.1 Å². The average Bonchev–Trinajstić information content (AvgIpc) is 3.03. The highest BCUT2D eigenvalue weighted by Gasteiger charge is 2.36. The second-order valence-corrected chi connectivity index (χ2v) is 14.7. The zero-order chi connectivity index (χ0) is 33.5. The Bertz CT molecular complexity index is 1770. The summed E-state index contributed by atoms with van der Waals surface area (Å²) in [5, 5.41) is 10.5. The summed E-state index contributed by atoms with van der Waals surface area (Å²) in [4.78, 5) is 36.1. The van der Waals surface area contributed by atoms with E-state index >= 15 is 0 Å². The van der Waals surface area contributed by atoms with Crippen LogP contribution in [-0.2, 0) is 22.5 Å². The minimum absolute atomic E-state index is 0.237. The first-order chi connectivity index (χ1) is 22.3. The predicted octanol–water partition coefficient (Wildman–Crippen LogP) is 7.35. The Morgan fingerprint density at radius 1 is 0.936 bits per heavy atom. The van der Waals surface area contributed by atoms with Gasteiger partial charge in [-0.1, -0.05) is 32.0 Å². The topological polar surface area (TPSA) is 105 Å². The number of carboxylic acid groups (broad SMARTS) is 1. The first-order valence-electron chi connectivity index (χ1n) is 16.6. The molecule has 1 N–H and O–H groups in total. The third-order valence-electron chi connectivity index (χ3n) is 9.36. The highest BCUT2D eigenvalue weighted by Crippen LogP contribution is 2.45. The number of piperidine rings is 1. The molecule has 2 aliphatic rings. The van der Waals surface area contributed by atoms with Crippen molar-refractivity contribution in [2.45, 2.75) is 86.0 Å². The number of carbonyl (C=O) groups is 1. The molecule has 2 aliphatic heterocycles. The van der Waals surface area contributed by atoms with Crippen LogP contribution < -0.4 is 9.80 Å². The molecule has 47 heavy (non-hydrogen) atoms. The van der Waals surface area contributed by atoms with Gasteiger partial charge in [0.1, 0.15) is 0 Å². The minimum atomic E-state index is -1.14. The Hall–Kier alpha value is -4.37. The second-order valence-electron chi connectivity index (χ2n) is 14.7. The van der Waals surface area contributed by atoms with Crippen LogP contribution in [0.1, 0.15) is 81.6 Å². The van der Waals surface area contributed by atoms with Crippen LogP contribution in [0.5, 0.6) is 0 Å². The fourth-order valence-electron chi connectivity index (χ4n) is 6.81. The van der Waals surface area contributed by atoms with Crippen LogP contribution in [0.4, 0.5) is 11.6 Å². The van der Waals surface area contributed by atoms with E-state index in [2.05, 4.69) is 51.8 Å². The van der Waals surface area contributed by atoms with Gasteiger partial charge in [-0.2, -0.15) is 0 Å². The first kappa shape index (κ1) is 32.6. The summed E-state index contributed by atoms with van der Waals surface area (Å²) in [5.41, 5.74) is 9.14. The number of anilines is 2. The smallest absolute Gasteiger partial charge is 0.337 e. The molecule has 0 aliphatic carbocycles. The number of rotatable bonds is 7. The molecule has 1 aromatic carbocycles. The quantitative estimate of drug-likeness (QED) is 0.223. The largest absolute Gasteiger partial charge is 0.479 e. The van der Waals surface area contributed by atoms with E-state index in [0.29, 0.717) is 23.8 Å². The number of pyridine rings is 2. The molecule has 1 saturated heterocycles. The molecule has 6 rings (SSSR count). The lowest BCUT2D eigenvalue weighted by Crippen LogP contribution is -2.39. The summed E-state index contributed by atoms with van der Waals surface area (Å²) in [7, 11) is 0. The highest BCUT2D eigenvalue weighted by atomic mass is 16.5. The summed E-state index contributed by atoms with van der Waals surface area (Å²) < 4.78 is 6.26. The van der Waals surface area contributed by atoms with Crippen LogP contribution in [0.15, 0.2) is 55.0 Å². The number of aromatic nitrogens is 4. The normalized spacial score (nSPS) is 16.9. The third-order valence-corrected chi connectivity index (χ3v) is 9.36. The van der Waals surface area contributed by atoms with Gasteiger partial charge >= 0.3 is 5.97 Å². The van der Waals surface area contributed by atoms with Gasteiger partial charge in [-0.05, 0) is 94.2 Å². The number of hydrogen-bond donors (Lipinski definition) is 1. The van der Waals surface area contributed by atoms with Gasteiger partial charge in [0.25, 0.3) is 0 Å². The van der Waals surface area contributed by atoms with Gasteiger partial charge in [0.2, 0.25) is 5.95 Å². The van der Waals surface area contributed by atoms with E-state index in [9.17, 15) is 9.90 Å². The molecular formula is C38H46N6O3. The lowest BCUT2D eigenvalue weighted by atomic mass is 9.81. The first-order valence-corrected chi connectivity index (χ1v) is 16.6. The molecule has 4 aromatic rings. The maximum atomic E-state index is 12.9. The zero-order valence-corrected chi connectivity index (χ0v) is 28.7. The number of aryl methyl sites for hydroxylation is 2. The van der Waals surface area contributed by atoms with E-state index in [1.54, 1.807) is 6.20 Å². The van der Waals surface area contributed by atoms with Gasteiger partial charge in [0.15, 0.2) is 6.10 Å². The molecule has 9 heteroatoms. The van der Waals surface area contributed by atoms with Gasteiger partial charge < -0.3 is 19.6 Å². The Kier molecular flexibility index (Phi) is 8.78. The van der Waals surface area contributed by atoms with Crippen molar-refractivity contribution in [1.29, 1.82) is 0 Å². The number of nitrogens with zero attached hydrogens (tertiary/aromatic N) is 6. The van der Waals surface area contributed by atoms with E-state index in [4.69, 9.17) is 14.7 Å². The van der Waals surface area contributed by atoms with Crippen molar-refractivity contribution in [3.8, 4) is 22.4 Å². The van der Waals surface area contributed by atoms with E-state index in [1.807, 2.05) is 65.2 Å². The zero-order valence-electron chi connectivity index (χ0n) is 28.7. The van der Waals surface area contributed by atoms with Crippen LogP contribution in [0.2, 0.25) is 0 Å². The maximum absolute atomic E-state index is 12.9. The Morgan fingerprint density at radius 3 is 2.38 bits per heavy atom. The highest BCUT2D eigenvalue weighted by molar-refractivity contribution is 5.88. The Labute approximate surface area is 278 Å². The summed E-state index contributed by atoms with van der Waals surface area (Å²) in [5.74, 6) is -0.295. The van der Waals surface area contributed by atoms with Crippen molar-refractivity contribution in [2.75, 3.05) is 29.4 Å². The van der Waals surface area contributed by atoms with Crippen LogP contribution in [0.25, 0.3) is 22.4 Å². The number of fused-ring (bicyclic) bond motifs is 1. The minimum Gasteiger partial charge on any atom is -0.479 e. The third kappa shape index (κ3) is 7.00. The van der Waals surface area contributed by atoms with Gasteiger partial charge in [-0.25, -0.2) is 14.8 Å². The Morgan fingerprint density at radius 2 is 1.70 bits per heavy atom. The van der Waals surface area contributed by atoms with Gasteiger partial charge in [-0.15, -0.1) is 0 Å². The molecule has 246 valence electrons. The number of benzene rings is 1. The Balaban J connectivity index is 1.39. The molecule has 0 radical (unpaired) electrons. The second kappa shape index (κ2) is 12.7. The molecule has 1 fully saturated rings. The molecule has 0 saturated carbocycles. The average molecular weight is 635 g/mol. The van der Waals surface area contributed by atoms with Gasteiger partial charge in [0.05, 0.1) is 17.0 Å². The predicted molar refractivity (Wildman–Crippen MR) is 186 cm³/mol. The van der Waals surface area contributed by atoms with Crippen LogP contribution in [0.3, 0.4) is 0 Å². The molecule has 1 atom stereocenters. The van der Waals surface area contributed by atoms with Crippen molar-refractivity contribution < 1.29 is 14.6 Å². The maximum Gasteiger partial charge on any atom is 0.337 e. The van der Waals surface area contributed by atoms with Crippen LogP contribution >= 0.6 is 0 Å². The van der Waals surface area contributed by atoms with Crippen molar-refractivity contribution in [2.24, 2.45) is 5.41 Å². The molecule has 9 nitrogen and oxygen atoms in total. The fourth-order valence-corrected chi connectivity index (χ4v) is 6.81. The van der Waals surface area contributed by atoms with E-state index in [-0.39, 0.29) is 5.41 Å². The number of hydrogen-bond acceptors (Lipinski definition) is 8. The number of aliphatic carboxylic acids is 1. The number of ether oxygens (including phenoxy) is 1. The molecular weight excluding hydrogens is 588 g/mol. The summed E-state index contributed by atoms with van der Waals surface area (Å²) in [6, 6.07) is 12.5. The summed E-state index contributed by atoms with van der Waals surface area (Å²) in [6.07, 6.45) is 7.14. The van der Waals surface area contributed by atoms with Crippen molar-refractivity contribution in [3.05, 3.63) is 83.1 Å². The molecule has 0 bridgehead atoms. The van der Waals surface area contributed by atoms with E-state index < -0.39 is 17.7 Å². The lowest BCUT2D eigenvalue weighted by molar-refractivity contribution is -0.160. The van der Waals surface area contributed by atoms with Crippen LogP contribution in [0, 0.1) is 19.3 Å². The summed E-state index contributed by atoms with van der Waals surface area (Å²) >= 11 is 0. The van der Waals surface area contributed by atoms with Crippen molar-refractivity contribution in [1.82, 2.24) is 19.9 Å². The molecule has 1 unspecified atom stereocenters. The summed E-state index contributed by atoms with van der Waals surface area (Å²) in [6.45, 7) is 17.5. The number of carboxylic acids is 1. The SMILES string of the molecule is Cc1nc(C)c(C(OC(C)(C)C)C(=O)O)c(N2CCC(C)(C)CC2)c1-c1ccc2c(c1)CCN(c1nccc(-c3cccnc3)n1)C2. The van der Waals surface area contributed by atoms with Gasteiger partial charge in [0, 0.05) is 72.8 Å². The monoisotopic (exact) mass is 634 g/mol. The van der Waals surface area contributed by atoms with Crippen molar-refractivity contribution in [3.63, 3.8) is 0 Å². The van der Waals surface area contributed by atoms with Crippen LogP contribution in [-0.4, -0.2) is 56.2 Å². The molecule has 0 amide bonds. The molecule has 0 spiro atoms. The lowest BCUT2D eigenvalue weighted by Gasteiger charge is -2.41. The fraction of sp³-hybridized carbons (Fsp3) is 0.447. The molecule has 3 aromatic heterocycles. The standard InChI is InChI=1S/C38H46N6O3/c1-24-31(33(43-19-14-38(6,7)15-20-43)32(25(2)41-24)34(35(45)46)47-37(3,4)5)27-10-11-29-23-44(18-13-26(29)21-27)36-40-17-12-30(42-36)28-9-8-16-39-22-28/h8-12,16-17,21-22,34H,13-15,18-20,23H2,1-7H3,(H,45,46). The molecule has 5 heterocycles. The van der Waals surface area contributed by atoms with E-state index in [0.717, 1.165) is 72.7 Å². The van der Waals surface area contributed by atoms with Gasteiger partial charge in [-0.3, -0.25) is 9.97 Å².